The maximum Gasteiger partial charge on any atom is 0.185 e. The molecule has 0 atom stereocenters. The third kappa shape index (κ3) is 3.69. The number of nitrogens with one attached hydrogen (secondary N) is 1. The summed E-state index contributed by atoms with van der Waals surface area (Å²) in [7, 11) is 0. The molecule has 1 aromatic rings. The van der Waals surface area contributed by atoms with E-state index >= 15 is 0 Å². The van der Waals surface area contributed by atoms with Crippen LogP contribution in [0.15, 0.2) is 0 Å². The fourth-order valence-electron chi connectivity index (χ4n) is 1.91. The molecule has 0 aliphatic carbocycles. The molecule has 0 saturated carbocycles. The number of hydrogen-bond acceptors (Lipinski definition) is 4. The third-order valence-corrected chi connectivity index (χ3v) is 4.08. The molecule has 1 aromatic heterocycles. The fraction of sp³-hybridized carbons (Fsp3) is 0.786. The molecular weight excluding hydrogens is 242 g/mol. The molecule has 4 heteroatoms. The first kappa shape index (κ1) is 15.4. The summed E-state index contributed by atoms with van der Waals surface area (Å²) < 4.78 is 0. The van der Waals surface area contributed by atoms with Gasteiger partial charge in [-0.05, 0) is 20.4 Å². The van der Waals surface area contributed by atoms with Crippen molar-refractivity contribution in [3.05, 3.63) is 10.6 Å². The summed E-state index contributed by atoms with van der Waals surface area (Å²) >= 11 is 1.84. The SMILES string of the molecule is CCNCc1sc(N(CC)CC)nc1C(C)(C)C. The zero-order valence-corrected chi connectivity index (χ0v) is 13.4. The number of hydrogen-bond donors (Lipinski definition) is 1. The van der Waals surface area contributed by atoms with Crippen molar-refractivity contribution in [2.75, 3.05) is 24.5 Å². The highest BCUT2D eigenvalue weighted by Gasteiger charge is 2.24. The second kappa shape index (κ2) is 6.53. The van der Waals surface area contributed by atoms with Crippen LogP contribution >= 0.6 is 11.3 Å². The molecular formula is C14H27N3S. The summed E-state index contributed by atoms with van der Waals surface area (Å²) in [6.45, 7) is 17.2. The molecule has 1 rings (SSSR count). The van der Waals surface area contributed by atoms with E-state index in [0.717, 1.165) is 31.3 Å². The molecule has 0 unspecified atom stereocenters. The van der Waals surface area contributed by atoms with Gasteiger partial charge in [0.25, 0.3) is 0 Å². The fourth-order valence-corrected chi connectivity index (χ4v) is 3.28. The molecule has 0 spiro atoms. The van der Waals surface area contributed by atoms with Gasteiger partial charge in [-0.25, -0.2) is 4.98 Å². The van der Waals surface area contributed by atoms with E-state index in [-0.39, 0.29) is 5.41 Å². The molecule has 3 nitrogen and oxygen atoms in total. The summed E-state index contributed by atoms with van der Waals surface area (Å²) in [4.78, 5) is 8.59. The first-order valence-corrected chi connectivity index (χ1v) is 7.71. The molecule has 1 heterocycles. The topological polar surface area (TPSA) is 28.2 Å². The smallest absolute Gasteiger partial charge is 0.185 e. The van der Waals surface area contributed by atoms with Gasteiger partial charge in [-0.2, -0.15) is 0 Å². The van der Waals surface area contributed by atoms with Crippen molar-refractivity contribution < 1.29 is 0 Å². The third-order valence-electron chi connectivity index (χ3n) is 2.97. The van der Waals surface area contributed by atoms with Crippen LogP contribution in [0.4, 0.5) is 5.13 Å². The Bertz CT molecular complexity index is 362. The van der Waals surface area contributed by atoms with E-state index in [2.05, 4.69) is 51.8 Å². The molecule has 0 bridgehead atoms. The minimum atomic E-state index is 0.118. The van der Waals surface area contributed by atoms with Gasteiger partial charge < -0.3 is 10.2 Å². The number of thiazole rings is 1. The lowest BCUT2D eigenvalue weighted by atomic mass is 9.91. The monoisotopic (exact) mass is 269 g/mol. The Kier molecular flexibility index (Phi) is 5.60. The molecule has 0 radical (unpaired) electrons. The van der Waals surface area contributed by atoms with Crippen molar-refractivity contribution in [2.45, 2.75) is 53.5 Å². The largest absolute Gasteiger partial charge is 0.349 e. The van der Waals surface area contributed by atoms with E-state index in [1.165, 1.54) is 10.6 Å². The molecule has 0 aliphatic heterocycles. The van der Waals surface area contributed by atoms with Gasteiger partial charge in [0.05, 0.1) is 5.69 Å². The normalized spacial score (nSPS) is 11.9. The van der Waals surface area contributed by atoms with Crippen LogP contribution in [0.5, 0.6) is 0 Å². The molecule has 18 heavy (non-hydrogen) atoms. The van der Waals surface area contributed by atoms with Crippen molar-refractivity contribution in [1.29, 1.82) is 0 Å². The Morgan fingerprint density at radius 1 is 1.17 bits per heavy atom. The Hall–Kier alpha value is -0.610. The van der Waals surface area contributed by atoms with E-state index in [1.807, 2.05) is 11.3 Å². The quantitative estimate of drug-likeness (QED) is 0.858. The highest BCUT2D eigenvalue weighted by atomic mass is 32.1. The lowest BCUT2D eigenvalue weighted by molar-refractivity contribution is 0.560. The average Bonchev–Trinajstić information content (AvgIpc) is 2.72. The zero-order chi connectivity index (χ0) is 13.8. The van der Waals surface area contributed by atoms with Gasteiger partial charge in [0.15, 0.2) is 5.13 Å². The second-order valence-electron chi connectivity index (χ2n) is 5.47. The predicted molar refractivity (Wildman–Crippen MR) is 81.8 cm³/mol. The number of nitrogens with zero attached hydrogens (tertiary/aromatic N) is 2. The maximum absolute atomic E-state index is 4.88. The molecule has 0 fully saturated rings. The van der Waals surface area contributed by atoms with Crippen LogP contribution in [0.3, 0.4) is 0 Å². The van der Waals surface area contributed by atoms with Crippen molar-refractivity contribution >= 4 is 16.5 Å². The number of aromatic nitrogens is 1. The standard InChI is InChI=1S/C14H27N3S/c1-7-15-10-11-12(14(4,5)6)16-13(18-11)17(8-2)9-3/h15H,7-10H2,1-6H3. The summed E-state index contributed by atoms with van der Waals surface area (Å²) in [6.07, 6.45) is 0. The minimum Gasteiger partial charge on any atom is -0.349 e. The van der Waals surface area contributed by atoms with Crippen molar-refractivity contribution in [2.24, 2.45) is 0 Å². The van der Waals surface area contributed by atoms with Crippen molar-refractivity contribution in [3.63, 3.8) is 0 Å². The Balaban J connectivity index is 3.06. The molecule has 1 N–H and O–H groups in total. The Morgan fingerprint density at radius 2 is 1.78 bits per heavy atom. The van der Waals surface area contributed by atoms with Gasteiger partial charge >= 0.3 is 0 Å². The highest BCUT2D eigenvalue weighted by Crippen LogP contribution is 2.33. The van der Waals surface area contributed by atoms with Gasteiger partial charge in [-0.15, -0.1) is 11.3 Å². The highest BCUT2D eigenvalue weighted by molar-refractivity contribution is 7.15. The summed E-state index contributed by atoms with van der Waals surface area (Å²) in [5.41, 5.74) is 1.36. The van der Waals surface area contributed by atoms with Gasteiger partial charge in [0.2, 0.25) is 0 Å². The van der Waals surface area contributed by atoms with E-state index in [1.54, 1.807) is 0 Å². The van der Waals surface area contributed by atoms with E-state index < -0.39 is 0 Å². The van der Waals surface area contributed by atoms with E-state index in [0.29, 0.717) is 0 Å². The molecule has 0 saturated heterocycles. The van der Waals surface area contributed by atoms with Gasteiger partial charge in [-0.1, -0.05) is 27.7 Å². The van der Waals surface area contributed by atoms with Crippen LogP contribution in [-0.2, 0) is 12.0 Å². The van der Waals surface area contributed by atoms with Crippen molar-refractivity contribution in [1.82, 2.24) is 10.3 Å². The molecule has 0 amide bonds. The predicted octanol–water partition coefficient (Wildman–Crippen LogP) is 3.40. The summed E-state index contributed by atoms with van der Waals surface area (Å²) in [5.74, 6) is 0. The molecule has 104 valence electrons. The number of anilines is 1. The van der Waals surface area contributed by atoms with Crippen molar-refractivity contribution in [3.8, 4) is 0 Å². The molecule has 0 aliphatic rings. The van der Waals surface area contributed by atoms with Gasteiger partial charge in [0.1, 0.15) is 0 Å². The Labute approximate surface area is 116 Å². The van der Waals surface area contributed by atoms with Gasteiger partial charge in [-0.3, -0.25) is 0 Å². The summed E-state index contributed by atoms with van der Waals surface area (Å²) in [6, 6.07) is 0. The van der Waals surface area contributed by atoms with Crippen LogP contribution in [0.25, 0.3) is 0 Å². The van der Waals surface area contributed by atoms with Gasteiger partial charge in [0, 0.05) is 29.9 Å². The first-order chi connectivity index (χ1) is 8.43. The van der Waals surface area contributed by atoms with Crippen LogP contribution < -0.4 is 10.2 Å². The average molecular weight is 269 g/mol. The summed E-state index contributed by atoms with van der Waals surface area (Å²) in [5, 5.41) is 4.58. The lowest BCUT2D eigenvalue weighted by Gasteiger charge is -2.19. The first-order valence-electron chi connectivity index (χ1n) is 6.89. The van der Waals surface area contributed by atoms with E-state index in [9.17, 15) is 0 Å². The van der Waals surface area contributed by atoms with Crippen LogP contribution in [-0.4, -0.2) is 24.6 Å². The van der Waals surface area contributed by atoms with Crippen LogP contribution in [0.2, 0.25) is 0 Å². The maximum atomic E-state index is 4.88. The minimum absolute atomic E-state index is 0.118. The zero-order valence-electron chi connectivity index (χ0n) is 12.6. The van der Waals surface area contributed by atoms with E-state index in [4.69, 9.17) is 4.98 Å². The Morgan fingerprint density at radius 3 is 2.22 bits per heavy atom. The van der Waals surface area contributed by atoms with Crippen LogP contribution in [0, 0.1) is 0 Å². The number of rotatable bonds is 6. The molecule has 0 aromatic carbocycles. The lowest BCUT2D eigenvalue weighted by Crippen LogP contribution is -2.22. The van der Waals surface area contributed by atoms with Crippen LogP contribution in [0.1, 0.15) is 52.1 Å². The second-order valence-corrected chi connectivity index (χ2v) is 6.53.